The molecule has 0 spiro atoms. The van der Waals surface area contributed by atoms with Gasteiger partial charge >= 0.3 is 11.3 Å². The van der Waals surface area contributed by atoms with Gasteiger partial charge in [0.15, 0.2) is 0 Å². The van der Waals surface area contributed by atoms with Crippen molar-refractivity contribution < 1.29 is 4.42 Å². The molecule has 3 N–H and O–H groups in total. The average Bonchev–Trinajstić information content (AvgIpc) is 2.77. The molecule has 0 unspecified atom stereocenters. The summed E-state index contributed by atoms with van der Waals surface area (Å²) in [6, 6.07) is 14.2. The number of nitrogens with two attached hydrogens (primary N) is 1. The quantitative estimate of drug-likeness (QED) is 0.421. The highest BCUT2D eigenvalue weighted by Crippen LogP contribution is 2.27. The van der Waals surface area contributed by atoms with Gasteiger partial charge in [-0.2, -0.15) is 0 Å². The van der Waals surface area contributed by atoms with Gasteiger partial charge in [-0.25, -0.2) is 9.59 Å². The van der Waals surface area contributed by atoms with Gasteiger partial charge in [0.25, 0.3) is 5.56 Å². The number of rotatable bonds is 6. The summed E-state index contributed by atoms with van der Waals surface area (Å²) < 4.78 is 6.66. The van der Waals surface area contributed by atoms with E-state index in [0.717, 1.165) is 11.1 Å². The van der Waals surface area contributed by atoms with Gasteiger partial charge < -0.3 is 15.1 Å². The fourth-order valence-electron chi connectivity index (χ4n) is 3.84. The van der Waals surface area contributed by atoms with Crippen molar-refractivity contribution in [2.45, 2.75) is 26.9 Å². The zero-order chi connectivity index (χ0) is 23.7. The molecule has 0 aliphatic carbocycles. The van der Waals surface area contributed by atoms with Crippen LogP contribution in [0.2, 0.25) is 5.02 Å². The Hall–Kier alpha value is -3.78. The zero-order valence-electron chi connectivity index (χ0n) is 18.2. The summed E-state index contributed by atoms with van der Waals surface area (Å²) in [6.07, 6.45) is 0. The van der Waals surface area contributed by atoms with Gasteiger partial charge in [0.05, 0.1) is 6.54 Å². The highest BCUT2D eigenvalue weighted by molar-refractivity contribution is 6.32. The third-order valence-electron chi connectivity index (χ3n) is 5.57. The lowest BCUT2D eigenvalue weighted by molar-refractivity contribution is 0.558. The Kier molecular flexibility index (Phi) is 6.11. The maximum Gasteiger partial charge on any atom is 0.336 e. The molecule has 8 nitrogen and oxygen atoms in total. The van der Waals surface area contributed by atoms with E-state index in [2.05, 4.69) is 4.98 Å². The topological polar surface area (TPSA) is 114 Å². The molecular weight excluding hydrogens is 444 g/mol. The number of nitrogen functional groups attached to an aromatic ring is 1. The van der Waals surface area contributed by atoms with Crippen LogP contribution in [0.3, 0.4) is 0 Å². The predicted octanol–water partition coefficient (Wildman–Crippen LogP) is 3.26. The summed E-state index contributed by atoms with van der Waals surface area (Å²) in [5, 5.41) is 1.20. The highest BCUT2D eigenvalue weighted by Gasteiger charge is 2.20. The SMILES string of the molecule is CCN(Cc1cc(=O)oc2cc(C)c(Cl)cc12)c1c(N)n(Cc2ccccc2)c(=O)[nH]c1=O. The first-order chi connectivity index (χ1) is 15.8. The first-order valence-electron chi connectivity index (χ1n) is 10.4. The van der Waals surface area contributed by atoms with E-state index >= 15 is 0 Å². The van der Waals surface area contributed by atoms with E-state index in [9.17, 15) is 14.4 Å². The molecule has 2 heterocycles. The summed E-state index contributed by atoms with van der Waals surface area (Å²) in [4.78, 5) is 41.6. The Labute approximate surface area is 193 Å². The Balaban J connectivity index is 1.81. The van der Waals surface area contributed by atoms with E-state index in [4.69, 9.17) is 21.8 Å². The Morgan fingerprint density at radius 3 is 2.55 bits per heavy atom. The van der Waals surface area contributed by atoms with Crippen molar-refractivity contribution in [3.63, 3.8) is 0 Å². The lowest BCUT2D eigenvalue weighted by Gasteiger charge is -2.25. The number of aryl methyl sites for hydroxylation is 1. The number of benzene rings is 2. The van der Waals surface area contributed by atoms with Crippen molar-refractivity contribution in [3.05, 3.63) is 102 Å². The van der Waals surface area contributed by atoms with Crippen LogP contribution >= 0.6 is 11.6 Å². The third kappa shape index (κ3) is 4.42. The molecule has 0 aliphatic heterocycles. The lowest BCUT2D eigenvalue weighted by Crippen LogP contribution is -2.38. The van der Waals surface area contributed by atoms with Crippen LogP contribution in [-0.4, -0.2) is 16.1 Å². The van der Waals surface area contributed by atoms with Crippen LogP contribution in [0.25, 0.3) is 11.0 Å². The van der Waals surface area contributed by atoms with Crippen molar-refractivity contribution in [1.82, 2.24) is 9.55 Å². The fraction of sp³-hybridized carbons (Fsp3) is 0.208. The van der Waals surface area contributed by atoms with Gasteiger partial charge in [0.2, 0.25) is 0 Å². The van der Waals surface area contributed by atoms with E-state index in [-0.39, 0.29) is 24.6 Å². The van der Waals surface area contributed by atoms with Gasteiger partial charge in [-0.05, 0) is 42.7 Å². The van der Waals surface area contributed by atoms with E-state index in [0.29, 0.717) is 28.1 Å². The number of aromatic amines is 1. The fourth-order valence-corrected chi connectivity index (χ4v) is 4.00. The van der Waals surface area contributed by atoms with Gasteiger partial charge in [-0.1, -0.05) is 41.9 Å². The Morgan fingerprint density at radius 2 is 1.85 bits per heavy atom. The number of fused-ring (bicyclic) bond motifs is 1. The molecule has 170 valence electrons. The van der Waals surface area contributed by atoms with Crippen LogP contribution in [0.4, 0.5) is 11.5 Å². The number of aromatic nitrogens is 2. The maximum atomic E-state index is 12.8. The summed E-state index contributed by atoms with van der Waals surface area (Å²) in [5.41, 5.74) is 7.51. The van der Waals surface area contributed by atoms with Crippen molar-refractivity contribution >= 4 is 34.1 Å². The number of nitrogens with one attached hydrogen (secondary N) is 1. The summed E-state index contributed by atoms with van der Waals surface area (Å²) in [7, 11) is 0. The van der Waals surface area contributed by atoms with E-state index in [1.165, 1.54) is 10.6 Å². The highest BCUT2D eigenvalue weighted by atomic mass is 35.5. The van der Waals surface area contributed by atoms with E-state index in [1.807, 2.05) is 44.2 Å². The second-order valence-electron chi connectivity index (χ2n) is 7.77. The zero-order valence-corrected chi connectivity index (χ0v) is 19.0. The smallest absolute Gasteiger partial charge is 0.336 e. The molecule has 2 aromatic heterocycles. The van der Waals surface area contributed by atoms with Gasteiger partial charge in [0, 0.05) is 29.6 Å². The van der Waals surface area contributed by atoms with E-state index < -0.39 is 16.9 Å². The van der Waals surface area contributed by atoms with Crippen LogP contribution in [0.5, 0.6) is 0 Å². The van der Waals surface area contributed by atoms with Gasteiger partial charge in [-0.15, -0.1) is 0 Å². The molecule has 33 heavy (non-hydrogen) atoms. The Morgan fingerprint density at radius 1 is 1.12 bits per heavy atom. The van der Waals surface area contributed by atoms with Crippen LogP contribution in [0, 0.1) is 6.92 Å². The molecule has 0 saturated carbocycles. The minimum Gasteiger partial charge on any atom is -0.423 e. The number of anilines is 2. The van der Waals surface area contributed by atoms with Crippen LogP contribution in [0.1, 0.15) is 23.6 Å². The third-order valence-corrected chi connectivity index (χ3v) is 5.97. The first-order valence-corrected chi connectivity index (χ1v) is 10.8. The molecule has 0 saturated heterocycles. The summed E-state index contributed by atoms with van der Waals surface area (Å²) >= 11 is 6.31. The molecule has 0 fully saturated rings. The number of H-pyrrole nitrogens is 1. The number of halogens is 1. The molecule has 0 radical (unpaired) electrons. The second-order valence-corrected chi connectivity index (χ2v) is 8.17. The van der Waals surface area contributed by atoms with Crippen LogP contribution in [0.15, 0.2) is 67.3 Å². The van der Waals surface area contributed by atoms with Crippen molar-refractivity contribution in [2.24, 2.45) is 0 Å². The Bertz CT molecular complexity index is 1510. The van der Waals surface area contributed by atoms with Crippen molar-refractivity contribution in [1.29, 1.82) is 0 Å². The molecular formula is C24H23ClN4O4. The van der Waals surface area contributed by atoms with Gasteiger partial charge in [-0.3, -0.25) is 14.3 Å². The van der Waals surface area contributed by atoms with Crippen molar-refractivity contribution in [2.75, 3.05) is 17.2 Å². The van der Waals surface area contributed by atoms with Crippen LogP contribution < -0.4 is 27.5 Å². The van der Waals surface area contributed by atoms with Gasteiger partial charge in [0.1, 0.15) is 17.1 Å². The minimum absolute atomic E-state index is 0.0515. The monoisotopic (exact) mass is 466 g/mol. The largest absolute Gasteiger partial charge is 0.423 e. The van der Waals surface area contributed by atoms with E-state index in [1.54, 1.807) is 17.0 Å². The molecule has 0 aliphatic rings. The molecule has 4 rings (SSSR count). The normalized spacial score (nSPS) is 11.1. The molecule has 4 aromatic rings. The molecule has 9 heteroatoms. The molecule has 0 bridgehead atoms. The summed E-state index contributed by atoms with van der Waals surface area (Å²) in [6.45, 7) is 4.48. The first kappa shape index (κ1) is 22.4. The minimum atomic E-state index is -0.593. The molecule has 0 atom stereocenters. The predicted molar refractivity (Wildman–Crippen MR) is 130 cm³/mol. The molecule has 2 aromatic carbocycles. The maximum absolute atomic E-state index is 12.8. The summed E-state index contributed by atoms with van der Waals surface area (Å²) in [5.74, 6) is 0.0515. The lowest BCUT2D eigenvalue weighted by atomic mass is 10.1. The molecule has 0 amide bonds. The standard InChI is InChI=1S/C24H23ClN4O4/c1-3-28(13-16-10-20(30)33-19-9-14(2)18(25)11-17(16)19)21-22(26)29(24(32)27-23(21)31)12-15-7-5-4-6-8-15/h4-11H,3,12-13,26H2,1-2H3,(H,27,31,32). The number of hydrogen-bond acceptors (Lipinski definition) is 6. The van der Waals surface area contributed by atoms with Crippen LogP contribution in [-0.2, 0) is 13.1 Å². The second kappa shape index (κ2) is 8.99. The number of nitrogens with zero attached hydrogens (tertiary/aromatic N) is 2. The number of hydrogen-bond donors (Lipinski definition) is 2. The average molecular weight is 467 g/mol. The van der Waals surface area contributed by atoms with Crippen molar-refractivity contribution in [3.8, 4) is 0 Å².